The molecule has 78 valence electrons. The maximum Gasteiger partial charge on any atom is 0.0576 e. The second-order valence-corrected chi connectivity index (χ2v) is 5.75. The highest BCUT2D eigenvalue weighted by Crippen LogP contribution is 2.65. The van der Waals surface area contributed by atoms with Crippen LogP contribution in [0, 0.1) is 29.1 Å². The molecule has 1 N–H and O–H groups in total. The average Bonchev–Trinajstić information content (AvgIpc) is 2.46. The van der Waals surface area contributed by atoms with Crippen molar-refractivity contribution in [3.8, 4) is 12.3 Å². The fourth-order valence-corrected chi connectivity index (χ4v) is 3.69. The van der Waals surface area contributed by atoms with Gasteiger partial charge in [-0.25, -0.2) is 0 Å². The smallest absolute Gasteiger partial charge is 0.0576 e. The molecule has 1 nitrogen and oxygen atoms in total. The first kappa shape index (κ1) is 10.1. The molecule has 2 bridgehead atoms. The van der Waals surface area contributed by atoms with E-state index in [1.165, 1.54) is 19.3 Å². The van der Waals surface area contributed by atoms with Gasteiger partial charge in [0.1, 0.15) is 0 Å². The Morgan fingerprint density at radius 2 is 2.14 bits per heavy atom. The molecule has 0 radical (unpaired) electrons. The molecule has 0 spiro atoms. The van der Waals surface area contributed by atoms with E-state index in [1.807, 2.05) is 0 Å². The lowest BCUT2D eigenvalue weighted by atomic mass is 9.69. The van der Waals surface area contributed by atoms with E-state index in [4.69, 9.17) is 6.42 Å². The van der Waals surface area contributed by atoms with Crippen LogP contribution < -0.4 is 5.32 Å². The van der Waals surface area contributed by atoms with Gasteiger partial charge in [-0.2, -0.15) is 0 Å². The summed E-state index contributed by atoms with van der Waals surface area (Å²) >= 11 is 0. The summed E-state index contributed by atoms with van der Waals surface area (Å²) in [5, 5.41) is 3.52. The topological polar surface area (TPSA) is 12.0 Å². The standard InChI is InChI=1S/C13H21N/c1-5-8-14-11-9-10-6-7-13(11,4)12(10,2)3/h1,10-11,14H,6-9H2,2-4H3. The Labute approximate surface area is 87.7 Å². The summed E-state index contributed by atoms with van der Waals surface area (Å²) < 4.78 is 0. The van der Waals surface area contributed by atoms with Gasteiger partial charge in [-0.05, 0) is 36.0 Å². The first-order chi connectivity index (χ1) is 6.52. The van der Waals surface area contributed by atoms with Crippen molar-refractivity contribution in [1.29, 1.82) is 0 Å². The van der Waals surface area contributed by atoms with Gasteiger partial charge in [-0.3, -0.25) is 0 Å². The second kappa shape index (κ2) is 3.00. The minimum absolute atomic E-state index is 0.467. The van der Waals surface area contributed by atoms with Gasteiger partial charge in [0.25, 0.3) is 0 Å². The Hall–Kier alpha value is -0.480. The van der Waals surface area contributed by atoms with Crippen molar-refractivity contribution < 1.29 is 0 Å². The lowest BCUT2D eigenvalue weighted by Gasteiger charge is -2.39. The predicted octanol–water partition coefficient (Wildman–Crippen LogP) is 2.42. The van der Waals surface area contributed by atoms with Crippen molar-refractivity contribution in [2.24, 2.45) is 16.7 Å². The highest BCUT2D eigenvalue weighted by molar-refractivity contribution is 5.13. The lowest BCUT2D eigenvalue weighted by Crippen LogP contribution is -2.44. The number of nitrogens with one attached hydrogen (secondary N) is 1. The van der Waals surface area contributed by atoms with Gasteiger partial charge in [0, 0.05) is 6.04 Å². The Morgan fingerprint density at radius 3 is 2.57 bits per heavy atom. The Morgan fingerprint density at radius 1 is 1.43 bits per heavy atom. The van der Waals surface area contributed by atoms with Gasteiger partial charge in [0.05, 0.1) is 6.54 Å². The van der Waals surface area contributed by atoms with Gasteiger partial charge < -0.3 is 5.32 Å². The molecule has 3 unspecified atom stereocenters. The van der Waals surface area contributed by atoms with Crippen LogP contribution in [0.3, 0.4) is 0 Å². The number of hydrogen-bond acceptors (Lipinski definition) is 1. The van der Waals surface area contributed by atoms with E-state index in [0.717, 1.165) is 12.5 Å². The second-order valence-electron chi connectivity index (χ2n) is 5.75. The molecule has 3 atom stereocenters. The van der Waals surface area contributed by atoms with Crippen LogP contribution in [0.15, 0.2) is 0 Å². The van der Waals surface area contributed by atoms with Crippen molar-refractivity contribution in [3.05, 3.63) is 0 Å². The van der Waals surface area contributed by atoms with Crippen LogP contribution in [0.4, 0.5) is 0 Å². The van der Waals surface area contributed by atoms with E-state index in [2.05, 4.69) is 32.0 Å². The average molecular weight is 191 g/mol. The number of fused-ring (bicyclic) bond motifs is 2. The van der Waals surface area contributed by atoms with Crippen molar-refractivity contribution in [2.45, 2.75) is 46.1 Å². The zero-order valence-corrected chi connectivity index (χ0v) is 9.56. The molecule has 0 aliphatic heterocycles. The molecule has 2 saturated carbocycles. The van der Waals surface area contributed by atoms with Crippen molar-refractivity contribution in [3.63, 3.8) is 0 Å². The van der Waals surface area contributed by atoms with E-state index >= 15 is 0 Å². The minimum atomic E-state index is 0.467. The molecule has 2 fully saturated rings. The van der Waals surface area contributed by atoms with Gasteiger partial charge in [-0.1, -0.05) is 26.7 Å². The van der Waals surface area contributed by atoms with Crippen LogP contribution in [0.1, 0.15) is 40.0 Å². The van der Waals surface area contributed by atoms with Gasteiger partial charge in [0.2, 0.25) is 0 Å². The summed E-state index contributed by atoms with van der Waals surface area (Å²) in [6.07, 6.45) is 9.41. The van der Waals surface area contributed by atoms with E-state index < -0.39 is 0 Å². The normalized spacial score (nSPS) is 43.9. The molecule has 1 heteroatoms. The number of terminal acetylenes is 1. The third-order valence-electron chi connectivity index (χ3n) is 5.24. The summed E-state index contributed by atoms with van der Waals surface area (Å²) in [4.78, 5) is 0. The quantitative estimate of drug-likeness (QED) is 0.661. The molecule has 0 amide bonds. The first-order valence-electron chi connectivity index (χ1n) is 5.69. The van der Waals surface area contributed by atoms with E-state index in [9.17, 15) is 0 Å². The molecule has 0 aromatic rings. The molecule has 14 heavy (non-hydrogen) atoms. The van der Waals surface area contributed by atoms with Crippen LogP contribution in [-0.2, 0) is 0 Å². The van der Waals surface area contributed by atoms with Gasteiger partial charge in [0.15, 0.2) is 0 Å². The zero-order chi connectivity index (χ0) is 10.4. The van der Waals surface area contributed by atoms with E-state index in [-0.39, 0.29) is 0 Å². The minimum Gasteiger partial charge on any atom is -0.303 e. The molecule has 0 heterocycles. The molecule has 0 aromatic heterocycles. The summed E-state index contributed by atoms with van der Waals surface area (Å²) in [6.45, 7) is 8.03. The largest absolute Gasteiger partial charge is 0.303 e. The fourth-order valence-electron chi connectivity index (χ4n) is 3.69. The fraction of sp³-hybridized carbons (Fsp3) is 0.846. The first-order valence-corrected chi connectivity index (χ1v) is 5.69. The van der Waals surface area contributed by atoms with Crippen LogP contribution in [0.25, 0.3) is 0 Å². The van der Waals surface area contributed by atoms with Crippen LogP contribution in [0.2, 0.25) is 0 Å². The summed E-state index contributed by atoms with van der Waals surface area (Å²) in [7, 11) is 0. The molecular formula is C13H21N. The SMILES string of the molecule is C#CCNC1CC2CCC1(C)C2(C)C. The van der Waals surface area contributed by atoms with Crippen LogP contribution >= 0.6 is 0 Å². The lowest BCUT2D eigenvalue weighted by molar-refractivity contribution is 0.123. The molecule has 2 aliphatic rings. The molecular weight excluding hydrogens is 170 g/mol. The van der Waals surface area contributed by atoms with Crippen molar-refractivity contribution in [2.75, 3.05) is 6.54 Å². The van der Waals surface area contributed by atoms with Crippen molar-refractivity contribution in [1.82, 2.24) is 5.32 Å². The third kappa shape index (κ3) is 1.07. The zero-order valence-electron chi connectivity index (χ0n) is 9.56. The highest BCUT2D eigenvalue weighted by Gasteiger charge is 2.60. The molecule has 2 aliphatic carbocycles. The summed E-state index contributed by atoms with van der Waals surface area (Å²) in [5.41, 5.74) is 0.966. The van der Waals surface area contributed by atoms with Gasteiger partial charge >= 0.3 is 0 Å². The van der Waals surface area contributed by atoms with Crippen molar-refractivity contribution >= 4 is 0 Å². The van der Waals surface area contributed by atoms with Gasteiger partial charge in [-0.15, -0.1) is 6.42 Å². The van der Waals surface area contributed by atoms with Crippen LogP contribution in [0.5, 0.6) is 0 Å². The van der Waals surface area contributed by atoms with Crippen LogP contribution in [-0.4, -0.2) is 12.6 Å². The summed E-state index contributed by atoms with van der Waals surface area (Å²) in [5.74, 6) is 3.59. The Bertz CT molecular complexity index is 273. The monoisotopic (exact) mass is 191 g/mol. The third-order valence-corrected chi connectivity index (χ3v) is 5.24. The summed E-state index contributed by atoms with van der Waals surface area (Å²) in [6, 6.07) is 0.646. The Kier molecular flexibility index (Phi) is 2.16. The molecule has 2 rings (SSSR count). The van der Waals surface area contributed by atoms with E-state index in [1.54, 1.807) is 0 Å². The maximum absolute atomic E-state index is 5.30. The highest BCUT2D eigenvalue weighted by atomic mass is 15.0. The molecule has 0 aromatic carbocycles. The van der Waals surface area contributed by atoms with E-state index in [0.29, 0.717) is 16.9 Å². The maximum atomic E-state index is 5.30. The molecule has 0 saturated heterocycles. The number of rotatable bonds is 2. The predicted molar refractivity (Wildman–Crippen MR) is 59.9 cm³/mol. The Balaban J connectivity index is 2.15. The number of hydrogen-bond donors (Lipinski definition) is 1.